The Kier molecular flexibility index (Phi) is 5.50. The lowest BCUT2D eigenvalue weighted by atomic mass is 9.97. The Bertz CT molecular complexity index is 720. The Balaban J connectivity index is 1.61. The molecule has 0 unspecified atom stereocenters. The number of amides is 1. The molecule has 0 bridgehead atoms. The first-order valence-electron chi connectivity index (χ1n) is 8.18. The fourth-order valence-corrected chi connectivity index (χ4v) is 2.94. The van der Waals surface area contributed by atoms with Gasteiger partial charge in [0.05, 0.1) is 13.2 Å². The van der Waals surface area contributed by atoms with Gasteiger partial charge in [0, 0.05) is 24.1 Å². The van der Waals surface area contributed by atoms with E-state index in [2.05, 4.69) is 5.32 Å². The van der Waals surface area contributed by atoms with Gasteiger partial charge in [-0.25, -0.2) is 9.18 Å². The van der Waals surface area contributed by atoms with Gasteiger partial charge in [-0.3, -0.25) is 0 Å². The van der Waals surface area contributed by atoms with Crippen LogP contribution in [0.3, 0.4) is 0 Å². The van der Waals surface area contributed by atoms with Crippen molar-refractivity contribution in [1.29, 1.82) is 0 Å². The molecule has 25 heavy (non-hydrogen) atoms. The fourth-order valence-electron chi connectivity index (χ4n) is 2.94. The standard InChI is InChI=1S/C19H20FNO4/c20-17-4-2-1-3-16(17)13-5-7-15(8-6-13)25-12-14-11-24-10-9-18(14)21-19(22)23/h1-8,14,18,21H,9-12H2,(H,22,23)/t14-,18+/m1/s1. The van der Waals surface area contributed by atoms with Crippen LogP contribution >= 0.6 is 0 Å². The van der Waals surface area contributed by atoms with E-state index in [9.17, 15) is 9.18 Å². The lowest BCUT2D eigenvalue weighted by Crippen LogP contribution is -2.47. The van der Waals surface area contributed by atoms with Crippen LogP contribution in [0.2, 0.25) is 0 Å². The van der Waals surface area contributed by atoms with E-state index < -0.39 is 6.09 Å². The van der Waals surface area contributed by atoms with E-state index in [1.54, 1.807) is 42.5 Å². The lowest BCUT2D eigenvalue weighted by Gasteiger charge is -2.31. The van der Waals surface area contributed by atoms with Gasteiger partial charge in [0.25, 0.3) is 0 Å². The number of carboxylic acid groups (broad SMARTS) is 1. The number of rotatable bonds is 5. The summed E-state index contributed by atoms with van der Waals surface area (Å²) in [4.78, 5) is 10.9. The summed E-state index contributed by atoms with van der Waals surface area (Å²) in [5, 5.41) is 11.4. The number of benzene rings is 2. The Hall–Kier alpha value is -2.60. The fraction of sp³-hybridized carbons (Fsp3) is 0.316. The van der Waals surface area contributed by atoms with E-state index in [4.69, 9.17) is 14.6 Å². The van der Waals surface area contributed by atoms with Gasteiger partial charge < -0.3 is 19.9 Å². The molecular weight excluding hydrogens is 325 g/mol. The molecule has 0 saturated carbocycles. The molecule has 1 aliphatic rings. The summed E-state index contributed by atoms with van der Waals surface area (Å²) >= 11 is 0. The van der Waals surface area contributed by atoms with Crippen molar-refractivity contribution < 1.29 is 23.8 Å². The molecular formula is C19H20FNO4. The molecule has 0 aromatic heterocycles. The Morgan fingerprint density at radius 1 is 1.24 bits per heavy atom. The molecule has 1 fully saturated rings. The van der Waals surface area contributed by atoms with Crippen molar-refractivity contribution in [3.63, 3.8) is 0 Å². The van der Waals surface area contributed by atoms with Gasteiger partial charge in [0.2, 0.25) is 0 Å². The van der Waals surface area contributed by atoms with Crippen molar-refractivity contribution in [2.45, 2.75) is 12.5 Å². The second-order valence-electron chi connectivity index (χ2n) is 5.99. The van der Waals surface area contributed by atoms with E-state index in [-0.39, 0.29) is 17.8 Å². The molecule has 3 rings (SSSR count). The average molecular weight is 345 g/mol. The molecule has 1 saturated heterocycles. The van der Waals surface area contributed by atoms with E-state index in [0.29, 0.717) is 37.6 Å². The van der Waals surface area contributed by atoms with Crippen molar-refractivity contribution in [2.75, 3.05) is 19.8 Å². The Morgan fingerprint density at radius 2 is 2.00 bits per heavy atom. The normalized spacial score (nSPS) is 20.0. The zero-order valence-electron chi connectivity index (χ0n) is 13.7. The maximum atomic E-state index is 13.8. The number of carbonyl (C=O) groups is 1. The van der Waals surface area contributed by atoms with Gasteiger partial charge in [-0.15, -0.1) is 0 Å². The quantitative estimate of drug-likeness (QED) is 0.870. The summed E-state index contributed by atoms with van der Waals surface area (Å²) in [6, 6.07) is 13.6. The first-order valence-corrected chi connectivity index (χ1v) is 8.18. The maximum Gasteiger partial charge on any atom is 0.404 e. The smallest absolute Gasteiger partial charge is 0.404 e. The second-order valence-corrected chi connectivity index (χ2v) is 5.99. The van der Waals surface area contributed by atoms with Crippen LogP contribution in [0.15, 0.2) is 48.5 Å². The van der Waals surface area contributed by atoms with Crippen molar-refractivity contribution in [2.24, 2.45) is 5.92 Å². The number of ether oxygens (including phenoxy) is 2. The third-order valence-corrected chi connectivity index (χ3v) is 4.29. The van der Waals surface area contributed by atoms with Crippen molar-refractivity contribution in [3.05, 3.63) is 54.3 Å². The van der Waals surface area contributed by atoms with Crippen molar-refractivity contribution in [1.82, 2.24) is 5.32 Å². The molecule has 2 atom stereocenters. The number of nitrogens with one attached hydrogen (secondary N) is 1. The summed E-state index contributed by atoms with van der Waals surface area (Å²) in [6.45, 7) is 1.35. The zero-order valence-corrected chi connectivity index (χ0v) is 13.7. The zero-order chi connectivity index (χ0) is 17.6. The SMILES string of the molecule is O=C(O)N[C@H]1CCOC[C@@H]1COc1ccc(-c2ccccc2F)cc1. The Morgan fingerprint density at radius 3 is 2.72 bits per heavy atom. The van der Waals surface area contributed by atoms with Crippen LogP contribution in [0.1, 0.15) is 6.42 Å². The van der Waals surface area contributed by atoms with Crippen LogP contribution in [-0.4, -0.2) is 37.1 Å². The Labute approximate surface area is 145 Å². The molecule has 5 nitrogen and oxygen atoms in total. The van der Waals surface area contributed by atoms with Gasteiger partial charge in [0.15, 0.2) is 0 Å². The van der Waals surface area contributed by atoms with Gasteiger partial charge in [-0.2, -0.15) is 0 Å². The molecule has 2 N–H and O–H groups in total. The molecule has 1 amide bonds. The monoisotopic (exact) mass is 345 g/mol. The minimum Gasteiger partial charge on any atom is -0.493 e. The lowest BCUT2D eigenvalue weighted by molar-refractivity contribution is 0.0140. The van der Waals surface area contributed by atoms with E-state index in [0.717, 1.165) is 5.56 Å². The molecule has 132 valence electrons. The number of hydrogen-bond donors (Lipinski definition) is 2. The number of halogens is 1. The highest BCUT2D eigenvalue weighted by atomic mass is 19.1. The molecule has 6 heteroatoms. The average Bonchev–Trinajstić information content (AvgIpc) is 2.61. The molecule has 0 aliphatic carbocycles. The highest BCUT2D eigenvalue weighted by molar-refractivity contribution is 5.65. The highest BCUT2D eigenvalue weighted by Crippen LogP contribution is 2.25. The summed E-state index contributed by atoms with van der Waals surface area (Å²) in [7, 11) is 0. The van der Waals surface area contributed by atoms with E-state index in [1.165, 1.54) is 6.07 Å². The second kappa shape index (κ2) is 7.98. The summed E-state index contributed by atoms with van der Waals surface area (Å²) in [6.07, 6.45) is -0.404. The van der Waals surface area contributed by atoms with Gasteiger partial charge in [-0.05, 0) is 30.2 Å². The van der Waals surface area contributed by atoms with Gasteiger partial charge >= 0.3 is 6.09 Å². The molecule has 0 radical (unpaired) electrons. The molecule has 1 heterocycles. The molecule has 0 spiro atoms. The molecule has 2 aromatic rings. The minimum atomic E-state index is -1.04. The van der Waals surface area contributed by atoms with Gasteiger partial charge in [-0.1, -0.05) is 30.3 Å². The maximum absolute atomic E-state index is 13.8. The predicted molar refractivity (Wildman–Crippen MR) is 91.2 cm³/mol. The van der Waals surface area contributed by atoms with Crippen LogP contribution in [-0.2, 0) is 4.74 Å². The third kappa shape index (κ3) is 4.48. The van der Waals surface area contributed by atoms with Crippen molar-refractivity contribution in [3.8, 4) is 16.9 Å². The van der Waals surface area contributed by atoms with Gasteiger partial charge in [0.1, 0.15) is 11.6 Å². The molecule has 1 aliphatic heterocycles. The van der Waals surface area contributed by atoms with E-state index >= 15 is 0 Å². The molecule has 2 aromatic carbocycles. The topological polar surface area (TPSA) is 67.8 Å². The largest absolute Gasteiger partial charge is 0.493 e. The first kappa shape index (κ1) is 17.2. The van der Waals surface area contributed by atoms with Crippen LogP contribution in [0.25, 0.3) is 11.1 Å². The summed E-state index contributed by atoms with van der Waals surface area (Å²) in [5.74, 6) is 0.342. The predicted octanol–water partition coefficient (Wildman–Crippen LogP) is 3.54. The van der Waals surface area contributed by atoms with Crippen molar-refractivity contribution >= 4 is 6.09 Å². The van der Waals surface area contributed by atoms with Crippen LogP contribution in [0.4, 0.5) is 9.18 Å². The van der Waals surface area contributed by atoms with E-state index in [1.807, 2.05) is 0 Å². The van der Waals surface area contributed by atoms with Crippen LogP contribution in [0.5, 0.6) is 5.75 Å². The summed E-state index contributed by atoms with van der Waals surface area (Å²) in [5.41, 5.74) is 1.32. The van der Waals surface area contributed by atoms with Crippen LogP contribution < -0.4 is 10.1 Å². The first-order chi connectivity index (χ1) is 12.1. The van der Waals surface area contributed by atoms with Crippen LogP contribution in [0, 0.1) is 11.7 Å². The minimum absolute atomic E-state index is 0.0453. The third-order valence-electron chi connectivity index (χ3n) is 4.29. The number of hydrogen-bond acceptors (Lipinski definition) is 3. The summed E-state index contributed by atoms with van der Waals surface area (Å²) < 4.78 is 25.0. The highest BCUT2D eigenvalue weighted by Gasteiger charge is 2.27.